The molecular formula is C13H18BrNOS. The van der Waals surface area contributed by atoms with E-state index in [0.717, 1.165) is 23.4 Å². The van der Waals surface area contributed by atoms with Gasteiger partial charge in [0.05, 0.1) is 0 Å². The SMILES string of the molecule is Brc1cccc(OCCNC2CCSCC2)c1. The molecule has 0 amide bonds. The highest BCUT2D eigenvalue weighted by atomic mass is 79.9. The maximum absolute atomic E-state index is 5.68. The van der Waals surface area contributed by atoms with Crippen molar-refractivity contribution >= 4 is 27.7 Å². The summed E-state index contributed by atoms with van der Waals surface area (Å²) in [7, 11) is 0. The molecule has 1 saturated heterocycles. The van der Waals surface area contributed by atoms with Crippen LogP contribution in [0.5, 0.6) is 5.75 Å². The largest absolute Gasteiger partial charge is 0.492 e. The Labute approximate surface area is 116 Å². The third-order valence-corrected chi connectivity index (χ3v) is 4.36. The fourth-order valence-electron chi connectivity index (χ4n) is 1.89. The predicted molar refractivity (Wildman–Crippen MR) is 78.0 cm³/mol. The van der Waals surface area contributed by atoms with Gasteiger partial charge in [-0.05, 0) is 42.5 Å². The van der Waals surface area contributed by atoms with Crippen molar-refractivity contribution in [1.29, 1.82) is 0 Å². The molecule has 1 aliphatic heterocycles. The Bertz CT molecular complexity index is 342. The Balaban J connectivity index is 1.62. The number of benzene rings is 1. The van der Waals surface area contributed by atoms with Gasteiger partial charge in [0.25, 0.3) is 0 Å². The monoisotopic (exact) mass is 315 g/mol. The number of halogens is 1. The van der Waals surface area contributed by atoms with E-state index < -0.39 is 0 Å². The molecule has 2 rings (SSSR count). The number of rotatable bonds is 5. The van der Waals surface area contributed by atoms with Gasteiger partial charge in [-0.1, -0.05) is 22.0 Å². The third-order valence-electron chi connectivity index (χ3n) is 2.82. The third kappa shape index (κ3) is 4.90. The molecule has 0 saturated carbocycles. The van der Waals surface area contributed by atoms with E-state index in [1.807, 2.05) is 24.3 Å². The molecule has 0 unspecified atom stereocenters. The summed E-state index contributed by atoms with van der Waals surface area (Å²) in [6, 6.07) is 8.68. The average molecular weight is 316 g/mol. The van der Waals surface area contributed by atoms with Crippen LogP contribution in [0.15, 0.2) is 28.7 Å². The highest BCUT2D eigenvalue weighted by Gasteiger charge is 2.12. The van der Waals surface area contributed by atoms with Gasteiger partial charge in [0, 0.05) is 17.1 Å². The second kappa shape index (κ2) is 7.29. The molecule has 1 aromatic carbocycles. The van der Waals surface area contributed by atoms with Gasteiger partial charge in [-0.25, -0.2) is 0 Å². The molecule has 0 atom stereocenters. The number of hydrogen-bond donors (Lipinski definition) is 1. The number of ether oxygens (including phenoxy) is 1. The van der Waals surface area contributed by atoms with E-state index >= 15 is 0 Å². The summed E-state index contributed by atoms with van der Waals surface area (Å²) < 4.78 is 6.74. The molecule has 1 fully saturated rings. The standard InChI is InChI=1S/C13H18BrNOS/c14-11-2-1-3-13(10-11)16-7-6-15-12-4-8-17-9-5-12/h1-3,10,12,15H,4-9H2. The predicted octanol–water partition coefficient (Wildman–Crippen LogP) is 3.31. The Morgan fingerprint density at radius 3 is 2.94 bits per heavy atom. The Hall–Kier alpha value is -0.190. The molecule has 1 heterocycles. The summed E-state index contributed by atoms with van der Waals surface area (Å²) in [6.07, 6.45) is 2.59. The lowest BCUT2D eigenvalue weighted by Gasteiger charge is -2.22. The van der Waals surface area contributed by atoms with Crippen LogP contribution in [0.25, 0.3) is 0 Å². The lowest BCUT2D eigenvalue weighted by molar-refractivity contribution is 0.302. The highest BCUT2D eigenvalue weighted by Crippen LogP contribution is 2.18. The van der Waals surface area contributed by atoms with Gasteiger partial charge in [-0.15, -0.1) is 0 Å². The molecule has 1 aliphatic rings. The Kier molecular flexibility index (Phi) is 5.68. The molecule has 94 valence electrons. The quantitative estimate of drug-likeness (QED) is 0.842. The highest BCUT2D eigenvalue weighted by molar-refractivity contribution is 9.10. The Morgan fingerprint density at radius 1 is 1.35 bits per heavy atom. The van der Waals surface area contributed by atoms with Crippen molar-refractivity contribution in [3.63, 3.8) is 0 Å². The lowest BCUT2D eigenvalue weighted by atomic mass is 10.1. The van der Waals surface area contributed by atoms with E-state index in [1.54, 1.807) is 0 Å². The van der Waals surface area contributed by atoms with E-state index in [2.05, 4.69) is 33.0 Å². The summed E-state index contributed by atoms with van der Waals surface area (Å²) in [5.41, 5.74) is 0. The average Bonchev–Trinajstić information content (AvgIpc) is 2.36. The second-order valence-corrected chi connectivity index (χ2v) is 6.29. The number of hydrogen-bond acceptors (Lipinski definition) is 3. The van der Waals surface area contributed by atoms with E-state index in [1.165, 1.54) is 24.3 Å². The van der Waals surface area contributed by atoms with E-state index in [-0.39, 0.29) is 0 Å². The zero-order valence-corrected chi connectivity index (χ0v) is 12.2. The summed E-state index contributed by atoms with van der Waals surface area (Å²) >= 11 is 5.50. The molecular weight excluding hydrogens is 298 g/mol. The number of nitrogens with one attached hydrogen (secondary N) is 1. The van der Waals surface area contributed by atoms with Crippen molar-refractivity contribution in [2.24, 2.45) is 0 Å². The van der Waals surface area contributed by atoms with Crippen LogP contribution in [0.4, 0.5) is 0 Å². The van der Waals surface area contributed by atoms with E-state index in [4.69, 9.17) is 4.74 Å². The normalized spacial score (nSPS) is 17.0. The van der Waals surface area contributed by atoms with Crippen LogP contribution in [-0.4, -0.2) is 30.7 Å². The summed E-state index contributed by atoms with van der Waals surface area (Å²) in [5.74, 6) is 3.52. The minimum Gasteiger partial charge on any atom is -0.492 e. The summed E-state index contributed by atoms with van der Waals surface area (Å²) in [5, 5.41) is 3.56. The summed E-state index contributed by atoms with van der Waals surface area (Å²) in [6.45, 7) is 1.67. The van der Waals surface area contributed by atoms with Crippen molar-refractivity contribution in [2.75, 3.05) is 24.7 Å². The van der Waals surface area contributed by atoms with Crippen LogP contribution in [0.1, 0.15) is 12.8 Å². The van der Waals surface area contributed by atoms with Crippen molar-refractivity contribution in [3.05, 3.63) is 28.7 Å². The summed E-state index contributed by atoms with van der Waals surface area (Å²) in [4.78, 5) is 0. The van der Waals surface area contributed by atoms with Gasteiger partial charge < -0.3 is 10.1 Å². The number of thioether (sulfide) groups is 1. The van der Waals surface area contributed by atoms with Crippen LogP contribution >= 0.6 is 27.7 Å². The minimum absolute atomic E-state index is 0.697. The van der Waals surface area contributed by atoms with Crippen LogP contribution in [0.3, 0.4) is 0 Å². The molecule has 0 radical (unpaired) electrons. The lowest BCUT2D eigenvalue weighted by Crippen LogP contribution is -2.35. The molecule has 4 heteroatoms. The van der Waals surface area contributed by atoms with Gasteiger partial charge in [0.1, 0.15) is 12.4 Å². The van der Waals surface area contributed by atoms with Crippen LogP contribution in [-0.2, 0) is 0 Å². The van der Waals surface area contributed by atoms with Crippen molar-refractivity contribution in [3.8, 4) is 5.75 Å². The van der Waals surface area contributed by atoms with E-state index in [0.29, 0.717) is 6.04 Å². The minimum atomic E-state index is 0.697. The van der Waals surface area contributed by atoms with Crippen LogP contribution < -0.4 is 10.1 Å². The first-order valence-electron chi connectivity index (χ1n) is 6.04. The molecule has 17 heavy (non-hydrogen) atoms. The van der Waals surface area contributed by atoms with Gasteiger partial charge in [-0.3, -0.25) is 0 Å². The van der Waals surface area contributed by atoms with E-state index in [9.17, 15) is 0 Å². The molecule has 0 bridgehead atoms. The van der Waals surface area contributed by atoms with Crippen molar-refractivity contribution < 1.29 is 4.74 Å². The molecule has 0 spiro atoms. The smallest absolute Gasteiger partial charge is 0.120 e. The Morgan fingerprint density at radius 2 is 2.18 bits per heavy atom. The zero-order valence-electron chi connectivity index (χ0n) is 9.82. The second-order valence-electron chi connectivity index (χ2n) is 4.15. The molecule has 0 aliphatic carbocycles. The molecule has 0 aromatic heterocycles. The zero-order chi connectivity index (χ0) is 11.9. The molecule has 2 nitrogen and oxygen atoms in total. The maximum Gasteiger partial charge on any atom is 0.120 e. The van der Waals surface area contributed by atoms with Crippen molar-refractivity contribution in [2.45, 2.75) is 18.9 Å². The van der Waals surface area contributed by atoms with Crippen LogP contribution in [0.2, 0.25) is 0 Å². The van der Waals surface area contributed by atoms with Crippen LogP contribution in [0, 0.1) is 0 Å². The fourth-order valence-corrected chi connectivity index (χ4v) is 3.38. The first kappa shape index (κ1) is 13.2. The van der Waals surface area contributed by atoms with Crippen molar-refractivity contribution in [1.82, 2.24) is 5.32 Å². The fraction of sp³-hybridized carbons (Fsp3) is 0.538. The topological polar surface area (TPSA) is 21.3 Å². The van der Waals surface area contributed by atoms with Gasteiger partial charge in [-0.2, -0.15) is 11.8 Å². The maximum atomic E-state index is 5.68. The first-order valence-corrected chi connectivity index (χ1v) is 7.99. The van der Waals surface area contributed by atoms with Gasteiger partial charge in [0.15, 0.2) is 0 Å². The van der Waals surface area contributed by atoms with Gasteiger partial charge >= 0.3 is 0 Å². The van der Waals surface area contributed by atoms with Gasteiger partial charge in [0.2, 0.25) is 0 Å². The molecule has 1 N–H and O–H groups in total. The molecule has 1 aromatic rings. The first-order chi connectivity index (χ1) is 8.34.